The van der Waals surface area contributed by atoms with E-state index in [1.54, 1.807) is 6.20 Å². The van der Waals surface area contributed by atoms with Crippen LogP contribution in [-0.2, 0) is 0 Å². The number of nitrogens with two attached hydrogens (primary N) is 2. The summed E-state index contributed by atoms with van der Waals surface area (Å²) in [6.07, 6.45) is 1.57. The molecule has 2 nitrogen and oxygen atoms in total. The van der Waals surface area contributed by atoms with Crippen LogP contribution in [0.15, 0.2) is 24.4 Å². The van der Waals surface area contributed by atoms with E-state index in [2.05, 4.69) is 0 Å². The van der Waals surface area contributed by atoms with Crippen LogP contribution in [0.2, 0.25) is 0 Å². The molecule has 0 unspecified atom stereocenters. The first kappa shape index (κ1) is 12.6. The van der Waals surface area contributed by atoms with Gasteiger partial charge >= 0.3 is 0 Å². The number of nitrogen functional groups attached to an aromatic ring is 1. The first-order valence-electron chi connectivity index (χ1n) is 4.90. The molecule has 0 aliphatic carbocycles. The van der Waals surface area contributed by atoms with Crippen molar-refractivity contribution in [3.63, 3.8) is 0 Å². The predicted molar refractivity (Wildman–Crippen MR) is 64.8 cm³/mol. The minimum Gasteiger partial charge on any atom is -0.404 e. The van der Waals surface area contributed by atoms with Crippen LogP contribution in [0.5, 0.6) is 0 Å². The minimum absolute atomic E-state index is 0.786. The Balaban J connectivity index is 0.000000791. The first-order chi connectivity index (χ1) is 6.65. The predicted octanol–water partition coefficient (Wildman–Crippen LogP) is 2.92. The third kappa shape index (κ3) is 3.13. The summed E-state index contributed by atoms with van der Waals surface area (Å²) >= 11 is 0. The Morgan fingerprint density at radius 3 is 2.29 bits per heavy atom. The molecule has 14 heavy (non-hydrogen) atoms. The zero-order valence-electron chi connectivity index (χ0n) is 9.46. The molecular weight excluding hydrogens is 172 g/mol. The Bertz CT molecular complexity index is 314. The molecule has 0 saturated carbocycles. The summed E-state index contributed by atoms with van der Waals surface area (Å²) in [6.45, 7) is 7.96. The van der Waals surface area contributed by atoms with E-state index in [-0.39, 0.29) is 0 Å². The van der Waals surface area contributed by atoms with Gasteiger partial charge < -0.3 is 11.5 Å². The number of hydrogen-bond acceptors (Lipinski definition) is 2. The lowest BCUT2D eigenvalue weighted by Crippen LogP contribution is -1.94. The zero-order chi connectivity index (χ0) is 11.1. The van der Waals surface area contributed by atoms with Crippen molar-refractivity contribution in [1.29, 1.82) is 0 Å². The van der Waals surface area contributed by atoms with Crippen LogP contribution in [0, 0.1) is 6.92 Å². The van der Waals surface area contributed by atoms with Crippen LogP contribution in [0.1, 0.15) is 31.9 Å². The number of hydrogen-bond donors (Lipinski definition) is 2. The Labute approximate surface area is 86.6 Å². The Morgan fingerprint density at radius 2 is 1.86 bits per heavy atom. The summed E-state index contributed by atoms with van der Waals surface area (Å²) < 4.78 is 0. The van der Waals surface area contributed by atoms with E-state index in [0.29, 0.717) is 0 Å². The highest BCUT2D eigenvalue weighted by Gasteiger charge is 1.99. The van der Waals surface area contributed by atoms with Crippen molar-refractivity contribution in [1.82, 2.24) is 0 Å². The second-order valence-electron chi connectivity index (χ2n) is 2.94. The zero-order valence-corrected chi connectivity index (χ0v) is 9.46. The monoisotopic (exact) mass is 192 g/mol. The van der Waals surface area contributed by atoms with Gasteiger partial charge in [0.1, 0.15) is 0 Å². The summed E-state index contributed by atoms with van der Waals surface area (Å²) in [5.41, 5.74) is 15.2. The number of rotatable bonds is 1. The third-order valence-electron chi connectivity index (χ3n) is 1.88. The van der Waals surface area contributed by atoms with Crippen molar-refractivity contribution < 1.29 is 0 Å². The molecule has 0 heterocycles. The molecular formula is C12H20N2. The average molecular weight is 192 g/mol. The van der Waals surface area contributed by atoms with Crippen LogP contribution in [0.4, 0.5) is 5.69 Å². The van der Waals surface area contributed by atoms with Gasteiger partial charge in [-0.1, -0.05) is 26.0 Å². The van der Waals surface area contributed by atoms with Crippen molar-refractivity contribution in [2.45, 2.75) is 27.7 Å². The lowest BCUT2D eigenvalue weighted by atomic mass is 10.0. The lowest BCUT2D eigenvalue weighted by molar-refractivity contribution is 1.43. The first-order valence-corrected chi connectivity index (χ1v) is 4.90. The van der Waals surface area contributed by atoms with Crippen LogP contribution in [-0.4, -0.2) is 0 Å². The molecule has 0 aromatic heterocycles. The van der Waals surface area contributed by atoms with Crippen LogP contribution in [0.3, 0.4) is 0 Å². The second kappa shape index (κ2) is 6.08. The molecule has 0 radical (unpaired) electrons. The molecule has 4 N–H and O–H groups in total. The van der Waals surface area contributed by atoms with Gasteiger partial charge in [-0.25, -0.2) is 0 Å². The molecule has 0 aliphatic heterocycles. The molecule has 1 rings (SSSR count). The molecule has 0 amide bonds. The van der Waals surface area contributed by atoms with Crippen molar-refractivity contribution in [2.75, 3.05) is 5.73 Å². The van der Waals surface area contributed by atoms with E-state index in [9.17, 15) is 0 Å². The quantitative estimate of drug-likeness (QED) is 0.672. The van der Waals surface area contributed by atoms with E-state index < -0.39 is 0 Å². The molecule has 0 saturated heterocycles. The summed E-state index contributed by atoms with van der Waals surface area (Å²) in [5.74, 6) is 0. The third-order valence-corrected chi connectivity index (χ3v) is 1.88. The second-order valence-corrected chi connectivity index (χ2v) is 2.94. The van der Waals surface area contributed by atoms with E-state index in [4.69, 9.17) is 11.5 Å². The summed E-state index contributed by atoms with van der Waals surface area (Å²) in [4.78, 5) is 0. The summed E-state index contributed by atoms with van der Waals surface area (Å²) in [7, 11) is 0. The smallest absolute Gasteiger partial charge is 0.0393 e. The standard InChI is InChI=1S/C10H14N2.C2H6/c1-7-3-4-9(8(2)6-11)10(12)5-7;1-2/h3-6H,11-12H2,1-2H3;1-2H3/b8-6-;. The fourth-order valence-corrected chi connectivity index (χ4v) is 1.13. The highest BCUT2D eigenvalue weighted by molar-refractivity contribution is 5.73. The van der Waals surface area contributed by atoms with Gasteiger partial charge in [0, 0.05) is 11.3 Å². The fraction of sp³-hybridized carbons (Fsp3) is 0.333. The van der Waals surface area contributed by atoms with Crippen LogP contribution < -0.4 is 11.5 Å². The summed E-state index contributed by atoms with van der Waals surface area (Å²) in [5, 5.41) is 0. The minimum atomic E-state index is 0.786. The van der Waals surface area contributed by atoms with Crippen molar-refractivity contribution in [3.8, 4) is 0 Å². The maximum absolute atomic E-state index is 5.80. The van der Waals surface area contributed by atoms with Crippen molar-refractivity contribution in [3.05, 3.63) is 35.5 Å². The molecule has 0 aliphatic rings. The molecule has 0 atom stereocenters. The van der Waals surface area contributed by atoms with E-state index in [1.807, 2.05) is 45.9 Å². The van der Waals surface area contributed by atoms with Crippen LogP contribution >= 0.6 is 0 Å². The SMILES string of the molecule is C/C(=C/N)c1ccc(C)cc1N.CC. The van der Waals surface area contributed by atoms with Gasteiger partial charge in [0.25, 0.3) is 0 Å². The maximum Gasteiger partial charge on any atom is 0.0393 e. The fourth-order valence-electron chi connectivity index (χ4n) is 1.13. The molecule has 78 valence electrons. The number of aryl methyl sites for hydroxylation is 1. The molecule has 1 aromatic rings. The maximum atomic E-state index is 5.80. The molecule has 0 bridgehead atoms. The van der Waals surface area contributed by atoms with Gasteiger partial charge in [-0.15, -0.1) is 0 Å². The molecule has 1 aromatic carbocycles. The van der Waals surface area contributed by atoms with E-state index in [1.165, 1.54) is 5.56 Å². The Morgan fingerprint density at radius 1 is 1.29 bits per heavy atom. The lowest BCUT2D eigenvalue weighted by Gasteiger charge is -2.05. The van der Waals surface area contributed by atoms with E-state index >= 15 is 0 Å². The summed E-state index contributed by atoms with van der Waals surface area (Å²) in [6, 6.07) is 5.96. The van der Waals surface area contributed by atoms with Crippen LogP contribution in [0.25, 0.3) is 5.57 Å². The highest BCUT2D eigenvalue weighted by Crippen LogP contribution is 2.20. The Kier molecular flexibility index (Phi) is 5.46. The van der Waals surface area contributed by atoms with Gasteiger partial charge in [0.2, 0.25) is 0 Å². The van der Waals surface area contributed by atoms with Gasteiger partial charge in [-0.3, -0.25) is 0 Å². The highest BCUT2D eigenvalue weighted by atomic mass is 14.6. The van der Waals surface area contributed by atoms with Gasteiger partial charge in [0.05, 0.1) is 0 Å². The van der Waals surface area contributed by atoms with E-state index in [0.717, 1.165) is 16.8 Å². The van der Waals surface area contributed by atoms with Gasteiger partial charge in [-0.05, 0) is 37.3 Å². The van der Waals surface area contributed by atoms with Gasteiger partial charge in [0.15, 0.2) is 0 Å². The normalized spacial score (nSPS) is 10.4. The van der Waals surface area contributed by atoms with Gasteiger partial charge in [-0.2, -0.15) is 0 Å². The molecule has 0 fully saturated rings. The topological polar surface area (TPSA) is 52.0 Å². The average Bonchev–Trinajstić information content (AvgIpc) is 2.20. The number of benzene rings is 1. The Hall–Kier alpha value is -1.44. The van der Waals surface area contributed by atoms with Crippen molar-refractivity contribution >= 4 is 11.3 Å². The number of anilines is 1. The molecule has 0 spiro atoms. The largest absolute Gasteiger partial charge is 0.404 e. The van der Waals surface area contributed by atoms with Crippen molar-refractivity contribution in [2.24, 2.45) is 5.73 Å². The molecule has 2 heteroatoms. The number of allylic oxidation sites excluding steroid dienone is 1.